The summed E-state index contributed by atoms with van der Waals surface area (Å²) in [6, 6.07) is 20.0. The van der Waals surface area contributed by atoms with Gasteiger partial charge >= 0.3 is 0 Å². The molecule has 1 atom stereocenters. The first-order chi connectivity index (χ1) is 13.7. The average Bonchev–Trinajstić information content (AvgIpc) is 3.28. The lowest BCUT2D eigenvalue weighted by atomic mass is 9.86. The maximum absolute atomic E-state index is 14.8. The summed E-state index contributed by atoms with van der Waals surface area (Å²) in [6.45, 7) is 0. The molecular weight excluding hydrogens is 355 g/mol. The van der Waals surface area contributed by atoms with Crippen LogP contribution in [0.3, 0.4) is 0 Å². The van der Waals surface area contributed by atoms with Crippen molar-refractivity contribution >= 4 is 16.8 Å². The molecule has 3 aromatic carbocycles. The van der Waals surface area contributed by atoms with Gasteiger partial charge in [-0.1, -0.05) is 24.3 Å². The minimum atomic E-state index is -1.16. The minimum Gasteiger partial charge on any atom is -0.497 e. The predicted octanol–water partition coefficient (Wildman–Crippen LogP) is 5.93. The lowest BCUT2D eigenvalue weighted by Gasteiger charge is -2.34. The molecule has 5 rings (SSSR count). The van der Waals surface area contributed by atoms with Crippen molar-refractivity contribution in [1.29, 1.82) is 0 Å². The number of methoxy groups -OCH3 is 1. The Morgan fingerprint density at radius 2 is 1.86 bits per heavy atom. The first-order valence-electron chi connectivity index (χ1n) is 8.99. The normalized spacial score (nSPS) is 17.9. The first-order valence-corrected chi connectivity index (χ1v) is 8.99. The molecule has 1 aliphatic heterocycles. The number of hydrogen-bond acceptors (Lipinski definition) is 3. The van der Waals surface area contributed by atoms with Gasteiger partial charge in [-0.2, -0.15) is 0 Å². The molecule has 0 bridgehead atoms. The van der Waals surface area contributed by atoms with E-state index in [1.165, 1.54) is 6.07 Å². The van der Waals surface area contributed by atoms with E-state index in [0.29, 0.717) is 17.1 Å². The molecule has 0 spiro atoms. The van der Waals surface area contributed by atoms with E-state index < -0.39 is 5.60 Å². The van der Waals surface area contributed by atoms with E-state index in [9.17, 15) is 4.39 Å². The first kappa shape index (κ1) is 16.6. The summed E-state index contributed by atoms with van der Waals surface area (Å²) in [4.78, 5) is 0. The zero-order valence-corrected chi connectivity index (χ0v) is 15.2. The van der Waals surface area contributed by atoms with Crippen molar-refractivity contribution in [2.45, 2.75) is 5.60 Å². The summed E-state index contributed by atoms with van der Waals surface area (Å²) in [5, 5.41) is 2.08. The lowest BCUT2D eigenvalue weighted by Crippen LogP contribution is -2.34. The fourth-order valence-electron chi connectivity index (χ4n) is 3.77. The Balaban J connectivity index is 1.72. The quantitative estimate of drug-likeness (QED) is 0.447. The van der Waals surface area contributed by atoms with Gasteiger partial charge in [-0.15, -0.1) is 0 Å². The molecule has 1 aliphatic rings. The Morgan fingerprint density at radius 3 is 2.64 bits per heavy atom. The summed E-state index contributed by atoms with van der Waals surface area (Å²) in [6.07, 6.45) is 5.40. The van der Waals surface area contributed by atoms with Gasteiger partial charge in [0.05, 0.1) is 13.4 Å². The maximum Gasteiger partial charge on any atom is 0.212 e. The van der Waals surface area contributed by atoms with Crippen LogP contribution >= 0.6 is 0 Å². The Labute approximate surface area is 161 Å². The summed E-state index contributed by atoms with van der Waals surface area (Å²) < 4.78 is 32.2. The SMILES string of the molecule is COc1ccc2c3c(ccc2c1)OC(c1ccco1)(c1ccccc1F)C=C3. The topological polar surface area (TPSA) is 31.6 Å². The fourth-order valence-corrected chi connectivity index (χ4v) is 3.77. The second kappa shape index (κ2) is 6.27. The predicted molar refractivity (Wildman–Crippen MR) is 106 cm³/mol. The van der Waals surface area contributed by atoms with E-state index in [2.05, 4.69) is 0 Å². The van der Waals surface area contributed by atoms with Crippen LogP contribution in [-0.2, 0) is 5.60 Å². The highest BCUT2D eigenvalue weighted by Gasteiger charge is 2.41. The third-order valence-corrected chi connectivity index (χ3v) is 5.15. The number of fused-ring (bicyclic) bond motifs is 3. The molecule has 0 amide bonds. The van der Waals surface area contributed by atoms with Gasteiger partial charge in [-0.3, -0.25) is 0 Å². The van der Waals surface area contributed by atoms with E-state index in [1.54, 1.807) is 43.7 Å². The third kappa shape index (κ3) is 2.42. The number of benzene rings is 3. The molecule has 28 heavy (non-hydrogen) atoms. The Kier molecular flexibility index (Phi) is 3.72. The van der Waals surface area contributed by atoms with Gasteiger partial charge < -0.3 is 13.9 Å². The number of rotatable bonds is 3. The van der Waals surface area contributed by atoms with Crippen molar-refractivity contribution in [3.8, 4) is 11.5 Å². The van der Waals surface area contributed by atoms with Gasteiger partial charge in [-0.05, 0) is 65.4 Å². The van der Waals surface area contributed by atoms with Gasteiger partial charge in [0.25, 0.3) is 0 Å². The molecular formula is C24H17FO3. The van der Waals surface area contributed by atoms with E-state index in [1.807, 2.05) is 42.5 Å². The molecule has 4 aromatic rings. The molecule has 1 unspecified atom stereocenters. The zero-order chi connectivity index (χ0) is 19.1. The van der Waals surface area contributed by atoms with Crippen LogP contribution in [0.4, 0.5) is 4.39 Å². The Hall–Kier alpha value is -3.53. The highest BCUT2D eigenvalue weighted by Crippen LogP contribution is 2.45. The Morgan fingerprint density at radius 1 is 0.964 bits per heavy atom. The highest BCUT2D eigenvalue weighted by molar-refractivity contribution is 5.94. The average molecular weight is 372 g/mol. The molecule has 4 heteroatoms. The van der Waals surface area contributed by atoms with Crippen LogP contribution < -0.4 is 9.47 Å². The number of ether oxygens (including phenoxy) is 2. The maximum atomic E-state index is 14.8. The molecule has 0 saturated carbocycles. The summed E-state index contributed by atoms with van der Waals surface area (Å²) >= 11 is 0. The van der Waals surface area contributed by atoms with Crippen molar-refractivity contribution < 1.29 is 18.3 Å². The molecule has 0 radical (unpaired) electrons. The van der Waals surface area contributed by atoms with E-state index in [-0.39, 0.29) is 5.82 Å². The highest BCUT2D eigenvalue weighted by atomic mass is 19.1. The van der Waals surface area contributed by atoms with E-state index >= 15 is 0 Å². The second-order valence-electron chi connectivity index (χ2n) is 6.69. The van der Waals surface area contributed by atoms with Crippen LogP contribution in [0.2, 0.25) is 0 Å². The molecule has 0 N–H and O–H groups in total. The molecule has 3 nitrogen and oxygen atoms in total. The van der Waals surface area contributed by atoms with E-state index in [4.69, 9.17) is 13.9 Å². The van der Waals surface area contributed by atoms with Crippen LogP contribution in [0.25, 0.3) is 16.8 Å². The van der Waals surface area contributed by atoms with Crippen molar-refractivity contribution in [3.05, 3.63) is 102 Å². The van der Waals surface area contributed by atoms with Crippen LogP contribution in [-0.4, -0.2) is 7.11 Å². The van der Waals surface area contributed by atoms with Gasteiger partial charge in [0, 0.05) is 11.1 Å². The van der Waals surface area contributed by atoms with E-state index in [0.717, 1.165) is 22.1 Å². The van der Waals surface area contributed by atoms with Gasteiger partial charge in [0.15, 0.2) is 5.76 Å². The van der Waals surface area contributed by atoms with Crippen molar-refractivity contribution in [1.82, 2.24) is 0 Å². The smallest absolute Gasteiger partial charge is 0.212 e. The monoisotopic (exact) mass is 372 g/mol. The summed E-state index contributed by atoms with van der Waals surface area (Å²) in [7, 11) is 1.65. The lowest BCUT2D eigenvalue weighted by molar-refractivity contribution is 0.128. The summed E-state index contributed by atoms with van der Waals surface area (Å²) in [5.74, 6) is 1.64. The van der Waals surface area contributed by atoms with Crippen LogP contribution in [0.15, 0.2) is 83.5 Å². The molecule has 0 fully saturated rings. The molecule has 1 aromatic heterocycles. The largest absolute Gasteiger partial charge is 0.497 e. The summed E-state index contributed by atoms with van der Waals surface area (Å²) in [5.41, 5.74) is 0.183. The van der Waals surface area contributed by atoms with Crippen LogP contribution in [0, 0.1) is 5.82 Å². The van der Waals surface area contributed by atoms with Crippen LogP contribution in [0.5, 0.6) is 11.5 Å². The number of hydrogen-bond donors (Lipinski definition) is 0. The van der Waals surface area contributed by atoms with Crippen molar-refractivity contribution in [2.24, 2.45) is 0 Å². The van der Waals surface area contributed by atoms with Gasteiger partial charge in [0.2, 0.25) is 5.60 Å². The molecule has 0 saturated heterocycles. The number of furan rings is 1. The molecule has 0 aliphatic carbocycles. The standard InChI is InChI=1S/C24H17FO3/c1-26-17-9-10-18-16(15-17)8-11-22-19(18)12-13-24(28-22,23-7-4-14-27-23)20-5-2-3-6-21(20)25/h2-15H,1H3. The minimum absolute atomic E-state index is 0.350. The molecule has 2 heterocycles. The second-order valence-corrected chi connectivity index (χ2v) is 6.69. The van der Waals surface area contributed by atoms with Crippen LogP contribution in [0.1, 0.15) is 16.9 Å². The Bertz CT molecular complexity index is 1190. The fraction of sp³-hybridized carbons (Fsp3) is 0.0833. The third-order valence-electron chi connectivity index (χ3n) is 5.15. The molecule has 138 valence electrons. The van der Waals surface area contributed by atoms with Crippen molar-refractivity contribution in [2.75, 3.05) is 7.11 Å². The number of halogens is 1. The zero-order valence-electron chi connectivity index (χ0n) is 15.2. The van der Waals surface area contributed by atoms with Crippen molar-refractivity contribution in [3.63, 3.8) is 0 Å². The van der Waals surface area contributed by atoms with Gasteiger partial charge in [-0.25, -0.2) is 4.39 Å². The van der Waals surface area contributed by atoms with Gasteiger partial charge in [0.1, 0.15) is 17.3 Å².